The summed E-state index contributed by atoms with van der Waals surface area (Å²) in [6.07, 6.45) is 3.65. The second kappa shape index (κ2) is 4.42. The molecule has 1 aliphatic carbocycles. The molecule has 0 radical (unpaired) electrons. The molecule has 1 saturated carbocycles. The van der Waals surface area contributed by atoms with Crippen LogP contribution in [0.1, 0.15) is 30.4 Å². The van der Waals surface area contributed by atoms with Gasteiger partial charge in [-0.3, -0.25) is 9.59 Å². The Morgan fingerprint density at radius 3 is 2.60 bits per heavy atom. The highest BCUT2D eigenvalue weighted by Gasteiger charge is 2.50. The highest BCUT2D eigenvalue weighted by molar-refractivity contribution is 6.22. The third-order valence-electron chi connectivity index (χ3n) is 4.95. The number of rotatable bonds is 1. The van der Waals surface area contributed by atoms with E-state index < -0.39 is 0 Å². The first-order chi connectivity index (χ1) is 9.77. The first-order valence-corrected chi connectivity index (χ1v) is 7.46. The third-order valence-corrected chi connectivity index (χ3v) is 4.95. The zero-order valence-corrected chi connectivity index (χ0v) is 11.4. The minimum absolute atomic E-state index is 0.0319. The number of hydrogen-bond donors (Lipinski definition) is 1. The first kappa shape index (κ1) is 12.1. The molecule has 0 spiro atoms. The molecule has 4 nitrogen and oxygen atoms in total. The van der Waals surface area contributed by atoms with E-state index in [9.17, 15) is 9.59 Å². The SMILES string of the molecule is O=C1C2CCCC2C(=O)N1c1cccc2c1CCNC2. The van der Waals surface area contributed by atoms with E-state index >= 15 is 0 Å². The fourth-order valence-corrected chi connectivity index (χ4v) is 3.95. The summed E-state index contributed by atoms with van der Waals surface area (Å²) < 4.78 is 0. The Labute approximate surface area is 118 Å². The van der Waals surface area contributed by atoms with Crippen LogP contribution in [0.5, 0.6) is 0 Å². The van der Waals surface area contributed by atoms with E-state index in [4.69, 9.17) is 0 Å². The van der Waals surface area contributed by atoms with Gasteiger partial charge in [0.15, 0.2) is 0 Å². The van der Waals surface area contributed by atoms with E-state index in [-0.39, 0.29) is 23.7 Å². The average Bonchev–Trinajstić information content (AvgIpc) is 3.04. The molecule has 2 atom stereocenters. The summed E-state index contributed by atoms with van der Waals surface area (Å²) in [4.78, 5) is 26.6. The van der Waals surface area contributed by atoms with Crippen LogP contribution in [0.25, 0.3) is 0 Å². The Bertz CT molecular complexity index is 574. The predicted molar refractivity (Wildman–Crippen MR) is 75.2 cm³/mol. The fraction of sp³-hybridized carbons (Fsp3) is 0.500. The van der Waals surface area contributed by atoms with Crippen molar-refractivity contribution in [3.63, 3.8) is 0 Å². The molecule has 1 N–H and O–H groups in total. The summed E-state index contributed by atoms with van der Waals surface area (Å²) in [7, 11) is 0. The van der Waals surface area contributed by atoms with Crippen molar-refractivity contribution in [2.24, 2.45) is 11.8 Å². The van der Waals surface area contributed by atoms with Gasteiger partial charge < -0.3 is 5.32 Å². The van der Waals surface area contributed by atoms with Crippen molar-refractivity contribution in [3.8, 4) is 0 Å². The van der Waals surface area contributed by atoms with E-state index in [0.717, 1.165) is 44.5 Å². The minimum Gasteiger partial charge on any atom is -0.312 e. The molecule has 4 heteroatoms. The highest BCUT2D eigenvalue weighted by atomic mass is 16.2. The first-order valence-electron chi connectivity index (χ1n) is 7.46. The van der Waals surface area contributed by atoms with Crippen LogP contribution in [0.3, 0.4) is 0 Å². The lowest BCUT2D eigenvalue weighted by Gasteiger charge is -2.25. The number of carbonyl (C=O) groups is 2. The van der Waals surface area contributed by atoms with Crippen molar-refractivity contribution >= 4 is 17.5 Å². The molecule has 0 aromatic heterocycles. The molecule has 20 heavy (non-hydrogen) atoms. The van der Waals surface area contributed by atoms with Crippen LogP contribution in [0.2, 0.25) is 0 Å². The molecule has 2 aliphatic heterocycles. The van der Waals surface area contributed by atoms with Gasteiger partial charge in [-0.1, -0.05) is 18.6 Å². The Kier molecular flexibility index (Phi) is 2.67. The number of imide groups is 1. The maximum Gasteiger partial charge on any atom is 0.237 e. The van der Waals surface area contributed by atoms with E-state index in [1.165, 1.54) is 16.0 Å². The lowest BCUT2D eigenvalue weighted by atomic mass is 9.98. The van der Waals surface area contributed by atoms with Gasteiger partial charge in [0.2, 0.25) is 11.8 Å². The molecule has 2 heterocycles. The molecule has 1 saturated heterocycles. The molecular weight excluding hydrogens is 252 g/mol. The summed E-state index contributed by atoms with van der Waals surface area (Å²) in [5, 5.41) is 3.33. The van der Waals surface area contributed by atoms with Crippen molar-refractivity contribution in [2.45, 2.75) is 32.2 Å². The zero-order chi connectivity index (χ0) is 13.7. The molecule has 0 bridgehead atoms. The smallest absolute Gasteiger partial charge is 0.237 e. The van der Waals surface area contributed by atoms with Crippen LogP contribution in [-0.2, 0) is 22.6 Å². The highest BCUT2D eigenvalue weighted by Crippen LogP contribution is 2.42. The van der Waals surface area contributed by atoms with Crippen molar-refractivity contribution in [1.82, 2.24) is 5.32 Å². The molecule has 2 unspecified atom stereocenters. The summed E-state index contributed by atoms with van der Waals surface area (Å²) >= 11 is 0. The van der Waals surface area contributed by atoms with Gasteiger partial charge >= 0.3 is 0 Å². The minimum atomic E-state index is -0.0555. The standard InChI is InChI=1S/C16H18N2O2/c19-15-12-4-2-5-13(12)16(20)18(15)14-6-1-3-10-9-17-8-7-11(10)14/h1,3,6,12-13,17H,2,4-5,7-9H2. The molecule has 3 aliphatic rings. The largest absolute Gasteiger partial charge is 0.312 e. The Morgan fingerprint density at radius 2 is 1.85 bits per heavy atom. The number of amides is 2. The zero-order valence-electron chi connectivity index (χ0n) is 11.4. The Balaban J connectivity index is 1.78. The molecule has 2 fully saturated rings. The third kappa shape index (κ3) is 1.57. The second-order valence-electron chi connectivity index (χ2n) is 6.00. The van der Waals surface area contributed by atoms with Crippen LogP contribution < -0.4 is 10.2 Å². The molecule has 2 amide bonds. The quantitative estimate of drug-likeness (QED) is 0.789. The van der Waals surface area contributed by atoms with Gasteiger partial charge in [0.1, 0.15) is 0 Å². The van der Waals surface area contributed by atoms with Crippen molar-refractivity contribution in [3.05, 3.63) is 29.3 Å². The van der Waals surface area contributed by atoms with Gasteiger partial charge in [0.25, 0.3) is 0 Å². The number of carbonyl (C=O) groups excluding carboxylic acids is 2. The van der Waals surface area contributed by atoms with Crippen LogP contribution >= 0.6 is 0 Å². The van der Waals surface area contributed by atoms with Crippen LogP contribution in [0.15, 0.2) is 18.2 Å². The Morgan fingerprint density at radius 1 is 1.10 bits per heavy atom. The topological polar surface area (TPSA) is 49.4 Å². The van der Waals surface area contributed by atoms with Gasteiger partial charge in [-0.2, -0.15) is 0 Å². The molecular formula is C16H18N2O2. The van der Waals surface area contributed by atoms with Crippen LogP contribution in [0.4, 0.5) is 5.69 Å². The van der Waals surface area contributed by atoms with Gasteiger partial charge in [0.05, 0.1) is 17.5 Å². The summed E-state index contributed by atoms with van der Waals surface area (Å²) in [5.74, 6) is -0.0472. The normalized spacial score (nSPS) is 28.7. The fourth-order valence-electron chi connectivity index (χ4n) is 3.95. The maximum absolute atomic E-state index is 12.6. The molecule has 1 aromatic carbocycles. The lowest BCUT2D eigenvalue weighted by molar-refractivity contribution is -0.122. The molecule has 104 valence electrons. The number of hydrogen-bond acceptors (Lipinski definition) is 3. The van der Waals surface area contributed by atoms with Gasteiger partial charge in [-0.15, -0.1) is 0 Å². The number of benzene rings is 1. The van der Waals surface area contributed by atoms with Crippen LogP contribution in [0, 0.1) is 11.8 Å². The number of nitrogens with zero attached hydrogens (tertiary/aromatic N) is 1. The van der Waals surface area contributed by atoms with E-state index in [0.29, 0.717) is 0 Å². The van der Waals surface area contributed by atoms with Crippen LogP contribution in [-0.4, -0.2) is 18.4 Å². The molecule has 1 aromatic rings. The number of anilines is 1. The van der Waals surface area contributed by atoms with Gasteiger partial charge in [-0.25, -0.2) is 4.90 Å². The number of fused-ring (bicyclic) bond motifs is 2. The average molecular weight is 270 g/mol. The van der Waals surface area contributed by atoms with Crippen molar-refractivity contribution < 1.29 is 9.59 Å². The monoisotopic (exact) mass is 270 g/mol. The summed E-state index contributed by atoms with van der Waals surface area (Å²) in [5.41, 5.74) is 3.23. The second-order valence-corrected chi connectivity index (χ2v) is 6.00. The molecule has 4 rings (SSSR count). The summed E-state index contributed by atoms with van der Waals surface area (Å²) in [6, 6.07) is 5.97. The Hall–Kier alpha value is -1.68. The summed E-state index contributed by atoms with van der Waals surface area (Å²) in [6.45, 7) is 1.74. The van der Waals surface area contributed by atoms with Crippen molar-refractivity contribution in [1.29, 1.82) is 0 Å². The van der Waals surface area contributed by atoms with Gasteiger partial charge in [-0.05, 0) is 43.0 Å². The van der Waals surface area contributed by atoms with E-state index in [1.807, 2.05) is 12.1 Å². The lowest BCUT2D eigenvalue weighted by Crippen LogP contribution is -2.34. The predicted octanol–water partition coefficient (Wildman–Crippen LogP) is 1.62. The maximum atomic E-state index is 12.6. The van der Waals surface area contributed by atoms with E-state index in [1.54, 1.807) is 0 Å². The number of nitrogens with one attached hydrogen (secondary N) is 1. The van der Waals surface area contributed by atoms with E-state index in [2.05, 4.69) is 11.4 Å². The van der Waals surface area contributed by atoms with Crippen molar-refractivity contribution in [2.75, 3.05) is 11.4 Å². The van der Waals surface area contributed by atoms with Gasteiger partial charge in [0, 0.05) is 6.54 Å².